The molecule has 0 bridgehead atoms. The highest BCUT2D eigenvalue weighted by molar-refractivity contribution is 5.53. The van der Waals surface area contributed by atoms with E-state index in [0.717, 1.165) is 5.56 Å². The normalized spacial score (nSPS) is 14.9. The van der Waals surface area contributed by atoms with Gasteiger partial charge in [-0.3, -0.25) is 0 Å². The molecule has 1 unspecified atom stereocenters. The summed E-state index contributed by atoms with van der Waals surface area (Å²) in [6.45, 7) is 4.02. The first-order valence-corrected chi connectivity index (χ1v) is 7.28. The predicted molar refractivity (Wildman–Crippen MR) is 81.6 cm³/mol. The van der Waals surface area contributed by atoms with Crippen molar-refractivity contribution in [2.45, 2.75) is 39.2 Å². The number of fused-ring (bicyclic) bond motifs is 1. The summed E-state index contributed by atoms with van der Waals surface area (Å²) in [5.74, 6) is -0.182. The standard InChI is InChI=1S/C18H20FN/c1-12-5-3-8-17(19)18(12)20-13(2)15-10-9-14-6-4-7-16(14)11-15/h3,5,8-11,13,20H,4,6-7H2,1-2H3. The van der Waals surface area contributed by atoms with Crippen LogP contribution >= 0.6 is 0 Å². The van der Waals surface area contributed by atoms with Gasteiger partial charge in [0.15, 0.2) is 0 Å². The maximum Gasteiger partial charge on any atom is 0.146 e. The highest BCUT2D eigenvalue weighted by Crippen LogP contribution is 2.28. The van der Waals surface area contributed by atoms with Crippen LogP contribution in [-0.4, -0.2) is 0 Å². The van der Waals surface area contributed by atoms with E-state index in [4.69, 9.17) is 0 Å². The molecule has 1 nitrogen and oxygen atoms in total. The molecule has 3 rings (SSSR count). The van der Waals surface area contributed by atoms with Gasteiger partial charge >= 0.3 is 0 Å². The summed E-state index contributed by atoms with van der Waals surface area (Å²) >= 11 is 0. The van der Waals surface area contributed by atoms with Crippen LogP contribution < -0.4 is 5.32 Å². The molecule has 20 heavy (non-hydrogen) atoms. The van der Waals surface area contributed by atoms with Crippen molar-refractivity contribution in [1.29, 1.82) is 0 Å². The molecule has 0 saturated heterocycles. The number of aryl methyl sites for hydroxylation is 3. The Morgan fingerprint density at radius 2 is 1.90 bits per heavy atom. The molecule has 0 aliphatic heterocycles. The lowest BCUT2D eigenvalue weighted by Crippen LogP contribution is -2.09. The number of anilines is 1. The Morgan fingerprint density at radius 1 is 1.10 bits per heavy atom. The molecule has 1 atom stereocenters. The molecule has 2 aromatic rings. The summed E-state index contributed by atoms with van der Waals surface area (Å²) in [4.78, 5) is 0. The second-order valence-electron chi connectivity index (χ2n) is 5.68. The van der Waals surface area contributed by atoms with Crippen LogP contribution in [0.3, 0.4) is 0 Å². The van der Waals surface area contributed by atoms with E-state index >= 15 is 0 Å². The lowest BCUT2D eigenvalue weighted by atomic mass is 10.0. The molecule has 0 saturated carbocycles. The average Bonchev–Trinajstić information content (AvgIpc) is 2.90. The first-order chi connectivity index (χ1) is 9.65. The lowest BCUT2D eigenvalue weighted by molar-refractivity contribution is 0.626. The van der Waals surface area contributed by atoms with Crippen molar-refractivity contribution in [3.05, 3.63) is 64.5 Å². The van der Waals surface area contributed by atoms with Crippen molar-refractivity contribution >= 4 is 5.69 Å². The van der Waals surface area contributed by atoms with Gasteiger partial charge in [0.05, 0.1) is 5.69 Å². The highest BCUT2D eigenvalue weighted by atomic mass is 19.1. The van der Waals surface area contributed by atoms with Gasteiger partial charge in [0.1, 0.15) is 5.82 Å². The summed E-state index contributed by atoms with van der Waals surface area (Å²) in [7, 11) is 0. The van der Waals surface area contributed by atoms with Crippen molar-refractivity contribution in [1.82, 2.24) is 0 Å². The van der Waals surface area contributed by atoms with Crippen molar-refractivity contribution < 1.29 is 4.39 Å². The zero-order chi connectivity index (χ0) is 14.1. The van der Waals surface area contributed by atoms with Gasteiger partial charge in [-0.2, -0.15) is 0 Å². The number of hydrogen-bond acceptors (Lipinski definition) is 1. The largest absolute Gasteiger partial charge is 0.376 e. The number of hydrogen-bond donors (Lipinski definition) is 1. The third-order valence-corrected chi connectivity index (χ3v) is 4.21. The van der Waals surface area contributed by atoms with E-state index in [-0.39, 0.29) is 11.9 Å². The van der Waals surface area contributed by atoms with E-state index < -0.39 is 0 Å². The van der Waals surface area contributed by atoms with Gasteiger partial charge in [0.25, 0.3) is 0 Å². The molecule has 2 heteroatoms. The van der Waals surface area contributed by atoms with Crippen molar-refractivity contribution in [2.75, 3.05) is 5.32 Å². The van der Waals surface area contributed by atoms with Crippen molar-refractivity contribution in [3.8, 4) is 0 Å². The number of rotatable bonds is 3. The quantitative estimate of drug-likeness (QED) is 0.844. The predicted octanol–water partition coefficient (Wildman–Crippen LogP) is 4.80. The minimum absolute atomic E-state index is 0.108. The Labute approximate surface area is 119 Å². The van der Waals surface area contributed by atoms with E-state index in [2.05, 4.69) is 30.4 Å². The van der Waals surface area contributed by atoms with Gasteiger partial charge in [-0.15, -0.1) is 0 Å². The maximum atomic E-state index is 13.9. The Balaban J connectivity index is 1.84. The molecular weight excluding hydrogens is 249 g/mol. The van der Waals surface area contributed by atoms with E-state index in [1.807, 2.05) is 13.0 Å². The molecule has 0 heterocycles. The topological polar surface area (TPSA) is 12.0 Å². The number of benzene rings is 2. The van der Waals surface area contributed by atoms with Crippen molar-refractivity contribution in [3.63, 3.8) is 0 Å². The molecule has 0 aromatic heterocycles. The second kappa shape index (κ2) is 5.28. The van der Waals surface area contributed by atoms with Gasteiger partial charge in [-0.1, -0.05) is 30.3 Å². The summed E-state index contributed by atoms with van der Waals surface area (Å²) in [6.07, 6.45) is 3.63. The monoisotopic (exact) mass is 269 g/mol. The fourth-order valence-electron chi connectivity index (χ4n) is 2.98. The Morgan fingerprint density at radius 3 is 2.70 bits per heavy atom. The smallest absolute Gasteiger partial charge is 0.146 e. The molecule has 1 N–H and O–H groups in total. The van der Waals surface area contributed by atoms with Gasteiger partial charge in [-0.05, 0) is 61.4 Å². The first-order valence-electron chi connectivity index (χ1n) is 7.28. The molecule has 104 valence electrons. The van der Waals surface area contributed by atoms with Crippen LogP contribution in [-0.2, 0) is 12.8 Å². The molecule has 1 aliphatic rings. The van der Waals surface area contributed by atoms with Crippen LogP contribution in [0.4, 0.5) is 10.1 Å². The van der Waals surface area contributed by atoms with Gasteiger partial charge in [0.2, 0.25) is 0 Å². The summed E-state index contributed by atoms with van der Waals surface area (Å²) in [5, 5.41) is 3.31. The fraction of sp³-hybridized carbons (Fsp3) is 0.333. The highest BCUT2D eigenvalue weighted by Gasteiger charge is 2.15. The Kier molecular flexibility index (Phi) is 3.47. The molecule has 2 aromatic carbocycles. The number of nitrogens with one attached hydrogen (secondary N) is 1. The Bertz CT molecular complexity index is 613. The van der Waals surface area contributed by atoms with Crippen molar-refractivity contribution in [2.24, 2.45) is 0 Å². The molecule has 0 fully saturated rings. The zero-order valence-electron chi connectivity index (χ0n) is 12.0. The maximum absolute atomic E-state index is 13.9. The SMILES string of the molecule is Cc1cccc(F)c1NC(C)c1ccc2c(c1)CCC2. The lowest BCUT2D eigenvalue weighted by Gasteiger charge is -2.19. The second-order valence-corrected chi connectivity index (χ2v) is 5.68. The summed E-state index contributed by atoms with van der Waals surface area (Å²) < 4.78 is 13.9. The van der Waals surface area contributed by atoms with Gasteiger partial charge in [0, 0.05) is 6.04 Å². The van der Waals surface area contributed by atoms with Gasteiger partial charge in [-0.25, -0.2) is 4.39 Å². The van der Waals surface area contributed by atoms with Crippen LogP contribution in [0.25, 0.3) is 0 Å². The summed E-state index contributed by atoms with van der Waals surface area (Å²) in [5.41, 5.74) is 5.72. The fourth-order valence-corrected chi connectivity index (χ4v) is 2.98. The molecule has 1 aliphatic carbocycles. The van der Waals surface area contributed by atoms with E-state index in [1.54, 1.807) is 6.07 Å². The zero-order valence-corrected chi connectivity index (χ0v) is 12.0. The third kappa shape index (κ3) is 2.43. The Hall–Kier alpha value is -1.83. The minimum atomic E-state index is -0.182. The minimum Gasteiger partial charge on any atom is -0.376 e. The molecular formula is C18H20FN. The number of para-hydroxylation sites is 1. The van der Waals surface area contributed by atoms with Crippen LogP contribution in [0.15, 0.2) is 36.4 Å². The molecule has 0 spiro atoms. The van der Waals surface area contributed by atoms with Gasteiger partial charge < -0.3 is 5.32 Å². The third-order valence-electron chi connectivity index (χ3n) is 4.21. The first kappa shape index (κ1) is 13.2. The van der Waals surface area contributed by atoms with E-state index in [1.165, 1.54) is 42.0 Å². The van der Waals surface area contributed by atoms with E-state index in [9.17, 15) is 4.39 Å². The number of halogens is 1. The van der Waals surface area contributed by atoms with Crippen LogP contribution in [0, 0.1) is 12.7 Å². The van der Waals surface area contributed by atoms with Crippen LogP contribution in [0.1, 0.15) is 41.6 Å². The summed E-state index contributed by atoms with van der Waals surface area (Å²) in [6, 6.07) is 12.0. The molecule has 0 radical (unpaired) electrons. The average molecular weight is 269 g/mol. The van der Waals surface area contributed by atoms with E-state index in [0.29, 0.717) is 5.69 Å². The molecule has 0 amide bonds. The van der Waals surface area contributed by atoms with Crippen LogP contribution in [0.2, 0.25) is 0 Å². The van der Waals surface area contributed by atoms with Crippen LogP contribution in [0.5, 0.6) is 0 Å².